The number of hydrogen-bond donors (Lipinski definition) is 1. The maximum atomic E-state index is 13.7. The molecule has 0 radical (unpaired) electrons. The number of rotatable bonds is 9. The summed E-state index contributed by atoms with van der Waals surface area (Å²) < 4.78 is 25.5. The lowest BCUT2D eigenvalue weighted by Crippen LogP contribution is -2.36. The molecule has 0 aliphatic carbocycles. The van der Waals surface area contributed by atoms with E-state index in [1.165, 1.54) is 23.7 Å². The zero-order valence-corrected chi connectivity index (χ0v) is 25.2. The highest BCUT2D eigenvalue weighted by Gasteiger charge is 2.28. The van der Waals surface area contributed by atoms with Crippen LogP contribution in [0.1, 0.15) is 42.1 Å². The van der Waals surface area contributed by atoms with Crippen molar-refractivity contribution in [1.82, 2.24) is 0 Å². The second-order valence-electron chi connectivity index (χ2n) is 8.96. The van der Waals surface area contributed by atoms with Crippen molar-refractivity contribution in [2.45, 2.75) is 39.3 Å². The van der Waals surface area contributed by atoms with Crippen LogP contribution in [0.5, 0.6) is 11.5 Å². The summed E-state index contributed by atoms with van der Waals surface area (Å²) in [5, 5.41) is 0.803. The highest BCUT2D eigenvalue weighted by Crippen LogP contribution is 2.38. The van der Waals surface area contributed by atoms with Gasteiger partial charge in [-0.2, -0.15) is 0 Å². The standard InChI is InChI=1S/C31H29BrFNO2.C2H6.CH5N/c32-17-19-35-28-12-6-23(7-13-28)20-31-30-15-14-29(36-22-24-4-2-1-3-5-24)21-25(30)16-18-34(31)27-10-8-26(33)9-11-27;2*1-2/h1-15,21,31H,16-20,22H2;1-2H3;2H2,1H3. The molecule has 0 saturated carbocycles. The Kier molecular flexibility index (Phi) is 13.0. The van der Waals surface area contributed by atoms with E-state index in [9.17, 15) is 4.39 Å². The number of hydrogen-bond acceptors (Lipinski definition) is 4. The van der Waals surface area contributed by atoms with Gasteiger partial charge in [-0.05, 0) is 90.7 Å². The van der Waals surface area contributed by atoms with Crippen LogP contribution in [-0.2, 0) is 19.4 Å². The van der Waals surface area contributed by atoms with Gasteiger partial charge in [0.05, 0.1) is 12.6 Å². The van der Waals surface area contributed by atoms with Crippen molar-refractivity contribution in [2.24, 2.45) is 5.73 Å². The number of alkyl halides is 1. The zero-order chi connectivity index (χ0) is 28.7. The fourth-order valence-corrected chi connectivity index (χ4v) is 4.94. The predicted molar refractivity (Wildman–Crippen MR) is 168 cm³/mol. The highest BCUT2D eigenvalue weighted by atomic mass is 79.9. The first-order valence-corrected chi connectivity index (χ1v) is 15.0. The van der Waals surface area contributed by atoms with Crippen LogP contribution >= 0.6 is 15.9 Å². The molecule has 4 nitrogen and oxygen atoms in total. The zero-order valence-electron chi connectivity index (χ0n) is 23.7. The van der Waals surface area contributed by atoms with Gasteiger partial charge < -0.3 is 20.1 Å². The van der Waals surface area contributed by atoms with Crippen molar-refractivity contribution >= 4 is 21.6 Å². The Morgan fingerprint density at radius 1 is 0.825 bits per heavy atom. The van der Waals surface area contributed by atoms with Crippen molar-refractivity contribution in [1.29, 1.82) is 0 Å². The lowest BCUT2D eigenvalue weighted by atomic mass is 9.88. The van der Waals surface area contributed by atoms with Crippen molar-refractivity contribution in [3.05, 3.63) is 125 Å². The average Bonchev–Trinajstić information content (AvgIpc) is 3.02. The molecule has 40 heavy (non-hydrogen) atoms. The third kappa shape index (κ3) is 8.57. The summed E-state index contributed by atoms with van der Waals surface area (Å²) in [5.74, 6) is 1.55. The fraction of sp³-hybridized carbons (Fsp3) is 0.294. The molecule has 1 unspecified atom stereocenters. The van der Waals surface area contributed by atoms with E-state index in [4.69, 9.17) is 9.47 Å². The van der Waals surface area contributed by atoms with Gasteiger partial charge in [0.2, 0.25) is 0 Å². The number of ether oxygens (including phenoxy) is 2. The molecule has 0 aromatic heterocycles. The Morgan fingerprint density at radius 3 is 2.17 bits per heavy atom. The summed E-state index contributed by atoms with van der Waals surface area (Å²) in [5.41, 5.74) is 10.5. The Labute approximate surface area is 247 Å². The molecule has 2 N–H and O–H groups in total. The van der Waals surface area contributed by atoms with Crippen molar-refractivity contribution in [3.63, 3.8) is 0 Å². The first-order chi connectivity index (χ1) is 19.7. The first kappa shape index (κ1) is 31.2. The van der Waals surface area contributed by atoms with Crippen LogP contribution < -0.4 is 20.1 Å². The molecular weight excluding hydrogens is 567 g/mol. The molecule has 0 spiro atoms. The molecule has 0 saturated heterocycles. The van der Waals surface area contributed by atoms with Gasteiger partial charge in [-0.15, -0.1) is 0 Å². The van der Waals surface area contributed by atoms with E-state index in [1.54, 1.807) is 12.1 Å². The molecule has 212 valence electrons. The second-order valence-corrected chi connectivity index (χ2v) is 9.75. The minimum atomic E-state index is -0.216. The van der Waals surface area contributed by atoms with Crippen LogP contribution in [0.3, 0.4) is 0 Å². The van der Waals surface area contributed by atoms with Crippen molar-refractivity contribution in [3.8, 4) is 11.5 Å². The molecule has 0 fully saturated rings. The van der Waals surface area contributed by atoms with E-state index in [-0.39, 0.29) is 11.9 Å². The smallest absolute Gasteiger partial charge is 0.123 e. The summed E-state index contributed by atoms with van der Waals surface area (Å²) >= 11 is 3.40. The summed E-state index contributed by atoms with van der Waals surface area (Å²) in [7, 11) is 1.50. The Hall–Kier alpha value is -3.35. The summed E-state index contributed by atoms with van der Waals surface area (Å²) in [6.07, 6.45) is 1.75. The van der Waals surface area contributed by atoms with E-state index in [1.807, 2.05) is 56.3 Å². The molecule has 1 atom stereocenters. The van der Waals surface area contributed by atoms with E-state index < -0.39 is 0 Å². The van der Waals surface area contributed by atoms with E-state index in [0.717, 1.165) is 47.5 Å². The van der Waals surface area contributed by atoms with Crippen LogP contribution in [0.15, 0.2) is 97.1 Å². The van der Waals surface area contributed by atoms with Gasteiger partial charge >= 0.3 is 0 Å². The van der Waals surface area contributed by atoms with Gasteiger partial charge in [-0.3, -0.25) is 0 Å². The third-order valence-corrected chi connectivity index (χ3v) is 6.90. The predicted octanol–water partition coefficient (Wildman–Crippen LogP) is 8.13. The minimum absolute atomic E-state index is 0.136. The molecule has 1 heterocycles. The maximum absolute atomic E-state index is 13.7. The minimum Gasteiger partial charge on any atom is -0.493 e. The van der Waals surface area contributed by atoms with Gasteiger partial charge in [0, 0.05) is 17.6 Å². The molecule has 1 aliphatic heterocycles. The fourth-order valence-electron chi connectivity index (χ4n) is 4.78. The summed E-state index contributed by atoms with van der Waals surface area (Å²) in [4.78, 5) is 2.39. The molecule has 1 aliphatic rings. The molecule has 0 bridgehead atoms. The van der Waals surface area contributed by atoms with Gasteiger partial charge in [0.15, 0.2) is 0 Å². The summed E-state index contributed by atoms with van der Waals surface area (Å²) in [6.45, 7) is 6.05. The van der Waals surface area contributed by atoms with Crippen molar-refractivity contribution < 1.29 is 13.9 Å². The quantitative estimate of drug-likeness (QED) is 0.195. The third-order valence-electron chi connectivity index (χ3n) is 6.58. The topological polar surface area (TPSA) is 47.7 Å². The van der Waals surface area contributed by atoms with Crippen LogP contribution in [0.4, 0.5) is 10.1 Å². The molecular formula is C34H40BrFN2O2. The molecule has 5 rings (SSSR count). The van der Waals surface area contributed by atoms with Crippen LogP contribution in [0.2, 0.25) is 0 Å². The molecule has 6 heteroatoms. The number of anilines is 1. The number of nitrogens with two attached hydrogens (primary N) is 1. The molecule has 0 amide bonds. The van der Waals surface area contributed by atoms with Crippen LogP contribution in [0.25, 0.3) is 0 Å². The van der Waals surface area contributed by atoms with Crippen LogP contribution in [-0.4, -0.2) is 25.5 Å². The SMILES string of the molecule is CC.CN.Fc1ccc(N2CCc3cc(OCc4ccccc4)ccc3C2Cc2ccc(OCCBr)cc2)cc1. The molecule has 4 aromatic rings. The largest absolute Gasteiger partial charge is 0.493 e. The second kappa shape index (κ2) is 16.7. The number of benzene rings is 4. The lowest BCUT2D eigenvalue weighted by Gasteiger charge is -2.39. The van der Waals surface area contributed by atoms with E-state index in [2.05, 4.69) is 69.0 Å². The normalized spacial score (nSPS) is 13.7. The average molecular weight is 608 g/mol. The number of fused-ring (bicyclic) bond motifs is 1. The Bertz CT molecular complexity index is 1270. The lowest BCUT2D eigenvalue weighted by molar-refractivity contribution is 0.305. The maximum Gasteiger partial charge on any atom is 0.123 e. The van der Waals surface area contributed by atoms with Gasteiger partial charge in [-0.1, -0.05) is 78.3 Å². The van der Waals surface area contributed by atoms with Gasteiger partial charge in [0.25, 0.3) is 0 Å². The monoisotopic (exact) mass is 606 g/mol. The van der Waals surface area contributed by atoms with Crippen molar-refractivity contribution in [2.75, 3.05) is 30.4 Å². The van der Waals surface area contributed by atoms with Gasteiger partial charge in [0.1, 0.15) is 23.9 Å². The number of nitrogens with zero attached hydrogens (tertiary/aromatic N) is 1. The van der Waals surface area contributed by atoms with E-state index in [0.29, 0.717) is 13.2 Å². The van der Waals surface area contributed by atoms with E-state index >= 15 is 0 Å². The first-order valence-electron chi connectivity index (χ1n) is 13.9. The van der Waals surface area contributed by atoms with Crippen LogP contribution in [0, 0.1) is 5.82 Å². The highest BCUT2D eigenvalue weighted by molar-refractivity contribution is 9.09. The molecule has 4 aromatic carbocycles. The van der Waals surface area contributed by atoms with Gasteiger partial charge in [-0.25, -0.2) is 4.39 Å². The Morgan fingerprint density at radius 2 is 1.50 bits per heavy atom. The Balaban J connectivity index is 0.00000106. The number of halogens is 2. The summed E-state index contributed by atoms with van der Waals surface area (Å²) in [6, 6.07) is 32.0.